The Hall–Kier alpha value is -1.38. The van der Waals surface area contributed by atoms with Crippen LogP contribution in [0.2, 0.25) is 0 Å². The minimum atomic E-state index is -0.942. The fourth-order valence-corrected chi connectivity index (χ4v) is 0.489. The van der Waals surface area contributed by atoms with E-state index in [2.05, 4.69) is 4.98 Å². The third-order valence-electron chi connectivity index (χ3n) is 0.908. The summed E-state index contributed by atoms with van der Waals surface area (Å²) in [6.45, 7) is 0. The van der Waals surface area contributed by atoms with Crippen LogP contribution >= 0.6 is 0 Å². The Morgan fingerprint density at radius 3 is 2.78 bits per heavy atom. The number of pyridine rings is 1. The van der Waals surface area contributed by atoms with E-state index in [1.807, 2.05) is 0 Å². The van der Waals surface area contributed by atoms with E-state index >= 15 is 0 Å². The Labute approximate surface area is 52.0 Å². The Bertz CT molecular complexity index is 208. The molecule has 0 spiro atoms. The molecule has 0 saturated heterocycles. The lowest BCUT2D eigenvalue weighted by Crippen LogP contribution is -1.94. The van der Waals surface area contributed by atoms with Crippen molar-refractivity contribution in [2.24, 2.45) is 0 Å². The molecule has 0 unspecified atom stereocenters. The first-order valence-electron chi connectivity index (χ1n) is 2.44. The van der Waals surface area contributed by atoms with Gasteiger partial charge in [-0.15, -0.1) is 0 Å². The highest BCUT2D eigenvalue weighted by atomic mass is 16.5. The Kier molecular flexibility index (Phi) is 1.44. The number of hydrogen-bond donors (Lipinski definition) is 1. The third-order valence-corrected chi connectivity index (χ3v) is 0.908. The maximum Gasteiger partial charge on any atom is 0.337 e. The van der Waals surface area contributed by atoms with Gasteiger partial charge in [0, 0.05) is 12.4 Å². The van der Waals surface area contributed by atoms with Gasteiger partial charge in [-0.05, 0) is 12.1 Å². The van der Waals surface area contributed by atoms with Crippen molar-refractivity contribution >= 4 is 5.97 Å². The van der Waals surface area contributed by atoms with Gasteiger partial charge >= 0.3 is 5.97 Å². The van der Waals surface area contributed by atoms with E-state index in [1.165, 1.54) is 18.5 Å². The van der Waals surface area contributed by atoms with Crippen LogP contribution in [0.4, 0.5) is 0 Å². The molecule has 0 saturated carbocycles. The summed E-state index contributed by atoms with van der Waals surface area (Å²) in [6.07, 6.45) is 2.84. The van der Waals surface area contributed by atoms with Crippen molar-refractivity contribution < 1.29 is 9.90 Å². The van der Waals surface area contributed by atoms with E-state index in [9.17, 15) is 4.79 Å². The first-order valence-corrected chi connectivity index (χ1v) is 2.44. The number of aromatic carboxylic acids is 1. The fraction of sp³-hybridized carbons (Fsp3) is 0. The minimum absolute atomic E-state index is 0.220. The van der Waals surface area contributed by atoms with Crippen LogP contribution in [0.25, 0.3) is 0 Å². The summed E-state index contributed by atoms with van der Waals surface area (Å²) in [5, 5.41) is 8.34. The van der Waals surface area contributed by atoms with Gasteiger partial charge in [-0.1, -0.05) is 0 Å². The van der Waals surface area contributed by atoms with Crippen LogP contribution in [0, 0.1) is 0 Å². The van der Waals surface area contributed by atoms with Crippen molar-refractivity contribution in [2.75, 3.05) is 0 Å². The van der Waals surface area contributed by atoms with Gasteiger partial charge in [-0.2, -0.15) is 0 Å². The molecule has 0 aliphatic rings. The maximum absolute atomic E-state index is 10.2. The van der Waals surface area contributed by atoms with Crippen molar-refractivity contribution in [3.63, 3.8) is 0 Å². The van der Waals surface area contributed by atoms with E-state index in [1.54, 1.807) is 6.07 Å². The zero-order valence-electron chi connectivity index (χ0n) is 4.61. The van der Waals surface area contributed by atoms with Gasteiger partial charge in [-0.3, -0.25) is 4.98 Å². The zero-order valence-corrected chi connectivity index (χ0v) is 4.61. The first-order chi connectivity index (χ1) is 4.30. The minimum Gasteiger partial charge on any atom is -0.478 e. The lowest BCUT2D eigenvalue weighted by atomic mass is 11.3. The van der Waals surface area contributed by atoms with Gasteiger partial charge < -0.3 is 5.11 Å². The van der Waals surface area contributed by atoms with Crippen LogP contribution in [-0.4, -0.2) is 16.1 Å². The van der Waals surface area contributed by atoms with Gasteiger partial charge in [0.15, 0.2) is 0 Å². The van der Waals surface area contributed by atoms with E-state index in [4.69, 9.17) is 5.11 Å². The Morgan fingerprint density at radius 1 is 1.67 bits per heavy atom. The van der Waals surface area contributed by atoms with Gasteiger partial charge in [-0.25, -0.2) is 4.79 Å². The Morgan fingerprint density at radius 2 is 2.44 bits per heavy atom. The van der Waals surface area contributed by atoms with E-state index in [-0.39, 0.29) is 5.56 Å². The molecule has 3 heteroatoms. The van der Waals surface area contributed by atoms with Crippen molar-refractivity contribution in [1.29, 1.82) is 0 Å². The molecule has 0 amide bonds. The molecule has 1 heterocycles. The molecule has 46 valence electrons. The quantitative estimate of drug-likeness (QED) is 0.570. The summed E-state index contributed by atoms with van der Waals surface area (Å²) < 4.78 is 0. The maximum atomic E-state index is 10.2. The number of hydrogen-bond acceptors (Lipinski definition) is 2. The van der Waals surface area contributed by atoms with Crippen molar-refractivity contribution in [1.82, 2.24) is 4.98 Å². The van der Waals surface area contributed by atoms with Crippen LogP contribution < -0.4 is 0 Å². The molecular formula is C6H5NO2. The summed E-state index contributed by atoms with van der Waals surface area (Å²) in [5.74, 6) is -0.942. The predicted octanol–water partition coefficient (Wildman–Crippen LogP) is 0.780. The van der Waals surface area contributed by atoms with Gasteiger partial charge in [0.05, 0.1) is 5.56 Å². The molecule has 1 aromatic rings. The fourth-order valence-electron chi connectivity index (χ4n) is 0.489. The number of aromatic nitrogens is 1. The second kappa shape index (κ2) is 2.26. The van der Waals surface area contributed by atoms with Crippen LogP contribution in [-0.2, 0) is 0 Å². The summed E-state index contributed by atoms with van der Waals surface area (Å²) >= 11 is 0. The van der Waals surface area contributed by atoms with Gasteiger partial charge in [0.2, 0.25) is 0 Å². The molecule has 1 rings (SSSR count). The molecule has 0 fully saturated rings. The molecule has 9 heavy (non-hydrogen) atoms. The van der Waals surface area contributed by atoms with Crippen LogP contribution in [0.5, 0.6) is 0 Å². The molecule has 0 radical (unpaired) electrons. The highest BCUT2D eigenvalue weighted by Crippen LogP contribution is 1.92. The number of carboxylic acids is 1. The average molecular weight is 129 g/mol. The Balaban J connectivity index is 2.98. The largest absolute Gasteiger partial charge is 0.478 e. The number of carboxylic acid groups (broad SMARTS) is 1. The SMILES string of the molecule is O=[13C](O)[13c]1[13cH][13cH][13cH]n[13cH]1. The average Bonchev–Trinajstić information content (AvgIpc) is 1.90. The molecule has 1 N–H and O–H groups in total. The van der Waals surface area contributed by atoms with Crippen molar-refractivity contribution in [2.45, 2.75) is 0 Å². The van der Waals surface area contributed by atoms with Crippen molar-refractivity contribution in [3.8, 4) is 0 Å². The van der Waals surface area contributed by atoms with E-state index in [0.717, 1.165) is 0 Å². The summed E-state index contributed by atoms with van der Waals surface area (Å²) in [5.41, 5.74) is 0.220. The highest BCUT2D eigenvalue weighted by molar-refractivity contribution is 5.86. The highest BCUT2D eigenvalue weighted by Gasteiger charge is 1.97. The second-order valence-corrected chi connectivity index (χ2v) is 1.55. The van der Waals surface area contributed by atoms with Crippen LogP contribution in [0.15, 0.2) is 24.5 Å². The molecule has 0 aliphatic carbocycles. The predicted molar refractivity (Wildman–Crippen MR) is 31.2 cm³/mol. The smallest absolute Gasteiger partial charge is 0.337 e. The molecule has 0 aromatic carbocycles. The van der Waals surface area contributed by atoms with E-state index < -0.39 is 5.97 Å². The lowest BCUT2D eigenvalue weighted by molar-refractivity contribution is 0.0696. The number of carbonyl (C=O) groups is 1. The topological polar surface area (TPSA) is 50.2 Å². The van der Waals surface area contributed by atoms with E-state index in [0.29, 0.717) is 0 Å². The molecule has 0 atom stereocenters. The lowest BCUT2D eigenvalue weighted by Gasteiger charge is -1.87. The number of nitrogens with zero attached hydrogens (tertiary/aromatic N) is 1. The third kappa shape index (κ3) is 1.25. The molecule has 0 bridgehead atoms. The van der Waals surface area contributed by atoms with Gasteiger partial charge in [0.25, 0.3) is 0 Å². The second-order valence-electron chi connectivity index (χ2n) is 1.55. The number of rotatable bonds is 1. The first kappa shape index (κ1) is 5.75. The molecular weight excluding hydrogens is 124 g/mol. The zero-order chi connectivity index (χ0) is 6.69. The van der Waals surface area contributed by atoms with Crippen LogP contribution in [0.3, 0.4) is 0 Å². The normalized spacial score (nSPS) is 8.89. The summed E-state index contributed by atoms with van der Waals surface area (Å²) in [4.78, 5) is 13.8. The standard InChI is InChI=1S/C6H5NO2/c8-6(9)5-2-1-3-7-4-5/h1-4H,(H,8,9)/i1+1,2+1,3+1,4+1,5+1,6+1. The molecule has 0 aliphatic heterocycles. The van der Waals surface area contributed by atoms with Crippen LogP contribution in [0.1, 0.15) is 10.4 Å². The van der Waals surface area contributed by atoms with Crippen molar-refractivity contribution in [3.05, 3.63) is 30.1 Å². The molecule has 1 aromatic heterocycles. The summed E-state index contributed by atoms with van der Waals surface area (Å²) in [7, 11) is 0. The monoisotopic (exact) mass is 129 g/mol. The molecule has 3 nitrogen and oxygen atoms in total. The summed E-state index contributed by atoms with van der Waals surface area (Å²) in [6, 6.07) is 3.08. The van der Waals surface area contributed by atoms with Gasteiger partial charge in [0.1, 0.15) is 0 Å².